The highest BCUT2D eigenvalue weighted by molar-refractivity contribution is 7.89. The largest absolute Gasteiger partial charge is 0.459 e. The predicted molar refractivity (Wildman–Crippen MR) is 120 cm³/mol. The molecule has 3 rings (SSSR count). The number of aryl methyl sites for hydroxylation is 1. The monoisotopic (exact) mass is 476 g/mol. The Balaban J connectivity index is 1.65. The fourth-order valence-corrected chi connectivity index (χ4v) is 5.23. The zero-order chi connectivity index (χ0) is 24.3. The lowest BCUT2D eigenvalue weighted by atomic mass is 10.1. The lowest BCUT2D eigenvalue weighted by molar-refractivity contribution is 0.0376. The zero-order valence-electron chi connectivity index (χ0n) is 19.1. The molecule has 1 N–H and O–H groups in total. The Hall–Kier alpha value is -2.98. The second kappa shape index (κ2) is 9.88. The summed E-state index contributed by atoms with van der Waals surface area (Å²) in [6, 6.07) is 5.58. The lowest BCUT2D eigenvalue weighted by Gasteiger charge is -2.15. The smallest absolute Gasteiger partial charge is 0.355 e. The molecule has 10 heteroatoms. The molecule has 1 aliphatic heterocycles. The number of benzene rings is 1. The number of aromatic amines is 1. The third kappa shape index (κ3) is 5.33. The van der Waals surface area contributed by atoms with Crippen LogP contribution >= 0.6 is 0 Å². The first-order valence-electron chi connectivity index (χ1n) is 10.7. The van der Waals surface area contributed by atoms with Crippen molar-refractivity contribution in [2.45, 2.75) is 51.5 Å². The minimum absolute atomic E-state index is 0.0723. The summed E-state index contributed by atoms with van der Waals surface area (Å²) in [7, 11) is -3.57. The van der Waals surface area contributed by atoms with E-state index in [1.807, 2.05) is 0 Å². The zero-order valence-corrected chi connectivity index (χ0v) is 20.0. The summed E-state index contributed by atoms with van der Waals surface area (Å²) in [6.45, 7) is 7.15. The van der Waals surface area contributed by atoms with Crippen molar-refractivity contribution in [3.8, 4) is 0 Å². The number of hydrogen-bond donors (Lipinski definition) is 1. The number of carbonyl (C=O) groups is 3. The van der Waals surface area contributed by atoms with Crippen molar-refractivity contribution in [3.05, 3.63) is 52.3 Å². The van der Waals surface area contributed by atoms with Gasteiger partial charge in [0, 0.05) is 24.3 Å². The molecule has 1 saturated heterocycles. The summed E-state index contributed by atoms with van der Waals surface area (Å²) >= 11 is 0. The van der Waals surface area contributed by atoms with Gasteiger partial charge in [0.2, 0.25) is 10.0 Å². The van der Waals surface area contributed by atoms with Crippen molar-refractivity contribution in [2.75, 3.05) is 19.7 Å². The second-order valence-corrected chi connectivity index (χ2v) is 10.2. The van der Waals surface area contributed by atoms with Crippen LogP contribution in [0.5, 0.6) is 0 Å². The average Bonchev–Trinajstić information content (AvgIpc) is 3.40. The van der Waals surface area contributed by atoms with Gasteiger partial charge < -0.3 is 14.5 Å². The van der Waals surface area contributed by atoms with Crippen LogP contribution in [0.25, 0.3) is 0 Å². The Morgan fingerprint density at radius 2 is 1.64 bits per heavy atom. The SMILES string of the molecule is Cc1[nH]c(C(=O)OCC(=O)c2ccc(S(=O)(=O)N3CCCC3)cc2)c(C)c1C(=O)OC(C)C. The number of H-pyrrole nitrogens is 1. The van der Waals surface area contributed by atoms with Crippen molar-refractivity contribution >= 4 is 27.7 Å². The Morgan fingerprint density at radius 1 is 1.03 bits per heavy atom. The highest BCUT2D eigenvalue weighted by atomic mass is 32.2. The number of ketones is 1. The first-order chi connectivity index (χ1) is 15.5. The van der Waals surface area contributed by atoms with E-state index in [1.54, 1.807) is 27.7 Å². The van der Waals surface area contributed by atoms with E-state index in [0.717, 1.165) is 12.8 Å². The summed E-state index contributed by atoms with van der Waals surface area (Å²) in [5.41, 5.74) is 1.40. The van der Waals surface area contributed by atoms with Crippen LogP contribution in [0.2, 0.25) is 0 Å². The van der Waals surface area contributed by atoms with Crippen molar-refractivity contribution in [1.82, 2.24) is 9.29 Å². The summed E-state index contributed by atoms with van der Waals surface area (Å²) < 4.78 is 36.9. The van der Waals surface area contributed by atoms with Gasteiger partial charge in [-0.05, 0) is 70.4 Å². The molecule has 0 amide bonds. The lowest BCUT2D eigenvalue weighted by Crippen LogP contribution is -2.27. The van der Waals surface area contributed by atoms with Crippen molar-refractivity contribution < 1.29 is 32.3 Å². The molecule has 178 valence electrons. The van der Waals surface area contributed by atoms with Crippen LogP contribution in [-0.2, 0) is 19.5 Å². The molecule has 0 radical (unpaired) electrons. The summed E-state index contributed by atoms with van der Waals surface area (Å²) in [5, 5.41) is 0. The number of sulfonamides is 1. The fraction of sp³-hybridized carbons (Fsp3) is 0.435. The van der Waals surface area contributed by atoms with Crippen molar-refractivity contribution in [1.29, 1.82) is 0 Å². The van der Waals surface area contributed by atoms with E-state index in [-0.39, 0.29) is 27.8 Å². The van der Waals surface area contributed by atoms with E-state index in [0.29, 0.717) is 24.3 Å². The second-order valence-electron chi connectivity index (χ2n) is 8.21. The molecule has 2 heterocycles. The third-order valence-corrected chi connectivity index (χ3v) is 7.31. The van der Waals surface area contributed by atoms with Crippen LogP contribution in [0.1, 0.15) is 69.2 Å². The van der Waals surface area contributed by atoms with Gasteiger partial charge in [0.05, 0.1) is 16.6 Å². The summed E-state index contributed by atoms with van der Waals surface area (Å²) in [5.74, 6) is -1.80. The highest BCUT2D eigenvalue weighted by Gasteiger charge is 2.28. The normalized spacial score (nSPS) is 14.5. The van der Waals surface area contributed by atoms with E-state index in [1.165, 1.54) is 28.6 Å². The van der Waals surface area contributed by atoms with E-state index in [4.69, 9.17) is 9.47 Å². The average molecular weight is 477 g/mol. The number of rotatable bonds is 8. The standard InChI is InChI=1S/C23H28N2O7S/c1-14(2)32-22(27)20-15(3)21(24-16(20)4)23(28)31-13-19(26)17-7-9-18(10-8-17)33(29,30)25-11-5-6-12-25/h7-10,14,24H,5-6,11-13H2,1-4H3. The molecular weight excluding hydrogens is 448 g/mol. The molecule has 2 aromatic rings. The Morgan fingerprint density at radius 3 is 2.21 bits per heavy atom. The molecule has 0 saturated carbocycles. The summed E-state index contributed by atoms with van der Waals surface area (Å²) in [4.78, 5) is 40.2. The third-order valence-electron chi connectivity index (χ3n) is 5.40. The number of esters is 2. The van der Waals surface area contributed by atoms with Gasteiger partial charge in [-0.3, -0.25) is 4.79 Å². The summed E-state index contributed by atoms with van der Waals surface area (Å²) in [6.07, 6.45) is 1.36. The number of nitrogens with zero attached hydrogens (tertiary/aromatic N) is 1. The first kappa shape index (κ1) is 24.7. The van der Waals surface area contributed by atoms with E-state index in [9.17, 15) is 22.8 Å². The number of carbonyl (C=O) groups excluding carboxylic acids is 3. The van der Waals surface area contributed by atoms with E-state index in [2.05, 4.69) is 4.98 Å². The number of Topliss-reactive ketones (excluding diaryl/α,β-unsaturated/α-hetero) is 1. The molecule has 1 aromatic carbocycles. The van der Waals surface area contributed by atoms with Crippen LogP contribution in [0.4, 0.5) is 0 Å². The van der Waals surface area contributed by atoms with E-state index >= 15 is 0 Å². The van der Waals surface area contributed by atoms with E-state index < -0.39 is 34.4 Å². The Kier molecular flexibility index (Phi) is 7.38. The van der Waals surface area contributed by atoms with Gasteiger partial charge in [0.15, 0.2) is 12.4 Å². The van der Waals surface area contributed by atoms with Gasteiger partial charge >= 0.3 is 11.9 Å². The number of ether oxygens (including phenoxy) is 2. The Labute approximate surface area is 193 Å². The van der Waals surface area contributed by atoms with Crippen LogP contribution in [0.3, 0.4) is 0 Å². The molecule has 1 aliphatic rings. The maximum absolute atomic E-state index is 12.6. The molecule has 0 aliphatic carbocycles. The molecule has 0 atom stereocenters. The maximum Gasteiger partial charge on any atom is 0.355 e. The molecule has 1 fully saturated rings. The minimum atomic E-state index is -3.57. The van der Waals surface area contributed by atoms with Crippen molar-refractivity contribution in [3.63, 3.8) is 0 Å². The quantitative estimate of drug-likeness (QED) is 0.459. The van der Waals surface area contributed by atoms with Gasteiger partial charge in [-0.25, -0.2) is 18.0 Å². The molecule has 0 bridgehead atoms. The van der Waals surface area contributed by atoms with Gasteiger partial charge in [-0.15, -0.1) is 0 Å². The van der Waals surface area contributed by atoms with Crippen LogP contribution < -0.4 is 0 Å². The van der Waals surface area contributed by atoms with Crippen LogP contribution in [0, 0.1) is 13.8 Å². The topological polar surface area (TPSA) is 123 Å². The fourth-order valence-electron chi connectivity index (χ4n) is 3.71. The number of aromatic nitrogens is 1. The minimum Gasteiger partial charge on any atom is -0.459 e. The van der Waals surface area contributed by atoms with Crippen molar-refractivity contribution in [2.24, 2.45) is 0 Å². The molecule has 33 heavy (non-hydrogen) atoms. The van der Waals surface area contributed by atoms with Crippen LogP contribution in [-0.4, -0.2) is 61.2 Å². The molecule has 0 spiro atoms. The van der Waals surface area contributed by atoms with Gasteiger partial charge in [-0.2, -0.15) is 4.31 Å². The number of nitrogens with one attached hydrogen (secondary N) is 1. The van der Waals surface area contributed by atoms with Crippen LogP contribution in [0.15, 0.2) is 29.2 Å². The predicted octanol–water partition coefficient (Wildman–Crippen LogP) is 3.02. The van der Waals surface area contributed by atoms with Gasteiger partial charge in [0.1, 0.15) is 5.69 Å². The Bertz CT molecular complexity index is 1160. The molecule has 0 unspecified atom stereocenters. The molecule has 1 aromatic heterocycles. The first-order valence-corrected chi connectivity index (χ1v) is 12.2. The highest BCUT2D eigenvalue weighted by Crippen LogP contribution is 2.22. The maximum atomic E-state index is 12.6. The van der Waals surface area contributed by atoms with Gasteiger partial charge in [0.25, 0.3) is 0 Å². The number of hydrogen-bond acceptors (Lipinski definition) is 7. The molecule has 9 nitrogen and oxygen atoms in total. The molecular formula is C23H28N2O7S. The van der Waals surface area contributed by atoms with Gasteiger partial charge in [-0.1, -0.05) is 0 Å².